The summed E-state index contributed by atoms with van der Waals surface area (Å²) >= 11 is 0. The summed E-state index contributed by atoms with van der Waals surface area (Å²) in [5, 5.41) is 14.4. The van der Waals surface area contributed by atoms with Crippen molar-refractivity contribution in [1.82, 2.24) is 5.32 Å². The molecule has 142 valence electrons. The number of halogens is 2. The number of aryl methyl sites for hydroxylation is 1. The molecule has 2 N–H and O–H groups in total. The highest BCUT2D eigenvalue weighted by molar-refractivity contribution is 5.86. The summed E-state index contributed by atoms with van der Waals surface area (Å²) in [6.07, 6.45) is 3.26. The van der Waals surface area contributed by atoms with Crippen molar-refractivity contribution in [2.24, 2.45) is 0 Å². The lowest BCUT2D eigenvalue weighted by molar-refractivity contribution is 0.460. The molecular formula is C21H21ClFNO3. The number of rotatable bonds is 5. The van der Waals surface area contributed by atoms with Gasteiger partial charge in [0, 0.05) is 17.5 Å². The third kappa shape index (κ3) is 3.84. The van der Waals surface area contributed by atoms with Gasteiger partial charge in [0.15, 0.2) is 0 Å². The molecule has 2 aromatic carbocycles. The lowest BCUT2D eigenvalue weighted by Gasteiger charge is -2.11. The minimum absolute atomic E-state index is 0. The van der Waals surface area contributed by atoms with Crippen molar-refractivity contribution < 1.29 is 13.9 Å². The van der Waals surface area contributed by atoms with Crippen LogP contribution in [0.3, 0.4) is 0 Å². The fourth-order valence-corrected chi connectivity index (χ4v) is 3.70. The van der Waals surface area contributed by atoms with E-state index >= 15 is 0 Å². The Kier molecular flexibility index (Phi) is 5.82. The van der Waals surface area contributed by atoms with E-state index in [4.69, 9.17) is 4.42 Å². The molecule has 0 atom stereocenters. The predicted octanol–water partition coefficient (Wildman–Crippen LogP) is 3.88. The molecule has 0 bridgehead atoms. The third-order valence-corrected chi connectivity index (χ3v) is 5.00. The first-order chi connectivity index (χ1) is 12.6. The molecule has 4 rings (SSSR count). The maximum Gasteiger partial charge on any atom is 0.339 e. The fourth-order valence-electron chi connectivity index (χ4n) is 3.70. The molecule has 3 aromatic rings. The second-order valence-corrected chi connectivity index (χ2v) is 6.70. The van der Waals surface area contributed by atoms with E-state index in [0.717, 1.165) is 41.3 Å². The average Bonchev–Trinajstić information content (AvgIpc) is 3.11. The van der Waals surface area contributed by atoms with Gasteiger partial charge in [0.25, 0.3) is 0 Å². The first kappa shape index (κ1) is 19.4. The molecule has 0 saturated carbocycles. The molecule has 0 unspecified atom stereocenters. The van der Waals surface area contributed by atoms with E-state index < -0.39 is 0 Å². The van der Waals surface area contributed by atoms with E-state index in [9.17, 15) is 14.3 Å². The number of phenolic OH excluding ortho intramolecular Hbond substituents is 1. The Morgan fingerprint density at radius 3 is 2.78 bits per heavy atom. The molecular weight excluding hydrogens is 369 g/mol. The van der Waals surface area contributed by atoms with E-state index in [1.807, 2.05) is 12.1 Å². The number of fused-ring (bicyclic) bond motifs is 3. The quantitative estimate of drug-likeness (QED) is 0.513. The molecule has 0 spiro atoms. The van der Waals surface area contributed by atoms with E-state index in [2.05, 4.69) is 5.32 Å². The first-order valence-corrected chi connectivity index (χ1v) is 8.88. The van der Waals surface area contributed by atoms with Crippen LogP contribution in [0.5, 0.6) is 5.75 Å². The highest BCUT2D eigenvalue weighted by Gasteiger charge is 2.21. The molecule has 1 heterocycles. The zero-order chi connectivity index (χ0) is 18.1. The summed E-state index contributed by atoms with van der Waals surface area (Å²) < 4.78 is 18.8. The van der Waals surface area contributed by atoms with Crippen molar-refractivity contribution in [3.8, 4) is 5.75 Å². The van der Waals surface area contributed by atoms with Crippen LogP contribution in [0.15, 0.2) is 45.6 Å². The molecule has 1 aromatic heterocycles. The Morgan fingerprint density at radius 2 is 1.96 bits per heavy atom. The molecule has 4 nitrogen and oxygen atoms in total. The second kappa shape index (κ2) is 8.11. The Labute approximate surface area is 162 Å². The number of hydrogen-bond donors (Lipinski definition) is 2. The van der Waals surface area contributed by atoms with Gasteiger partial charge in [0.2, 0.25) is 0 Å². The van der Waals surface area contributed by atoms with Gasteiger partial charge in [-0.25, -0.2) is 9.18 Å². The Balaban J connectivity index is 0.00000210. The number of benzene rings is 2. The number of aromatic hydroxyl groups is 1. The van der Waals surface area contributed by atoms with Crippen LogP contribution in [0.25, 0.3) is 11.0 Å². The van der Waals surface area contributed by atoms with Gasteiger partial charge >= 0.3 is 5.63 Å². The van der Waals surface area contributed by atoms with Crippen LogP contribution in [0.1, 0.15) is 28.7 Å². The fraction of sp³-hybridized carbons (Fsp3) is 0.286. The van der Waals surface area contributed by atoms with Crippen LogP contribution in [0, 0.1) is 5.82 Å². The van der Waals surface area contributed by atoms with Crippen molar-refractivity contribution in [2.45, 2.75) is 32.2 Å². The number of hydrogen-bond acceptors (Lipinski definition) is 4. The minimum Gasteiger partial charge on any atom is -0.507 e. The van der Waals surface area contributed by atoms with Crippen molar-refractivity contribution in [1.29, 1.82) is 0 Å². The minimum atomic E-state index is -0.295. The van der Waals surface area contributed by atoms with E-state index in [1.165, 1.54) is 12.1 Å². The zero-order valence-electron chi connectivity index (χ0n) is 14.8. The highest BCUT2D eigenvalue weighted by atomic mass is 35.5. The molecule has 0 aliphatic heterocycles. The van der Waals surface area contributed by atoms with Crippen LogP contribution in [0.2, 0.25) is 0 Å². The average molecular weight is 390 g/mol. The predicted molar refractivity (Wildman–Crippen MR) is 105 cm³/mol. The van der Waals surface area contributed by atoms with Gasteiger partial charge in [-0.15, -0.1) is 12.4 Å². The topological polar surface area (TPSA) is 62.5 Å². The summed E-state index contributed by atoms with van der Waals surface area (Å²) in [5.41, 5.74) is 3.49. The van der Waals surface area contributed by atoms with Crippen LogP contribution in [0.4, 0.5) is 4.39 Å². The monoisotopic (exact) mass is 389 g/mol. The van der Waals surface area contributed by atoms with E-state index in [1.54, 1.807) is 12.1 Å². The standard InChI is InChI=1S/C21H20FNO3.ClH/c22-14-4-1-3-13(11-14)9-10-23-12-18-19(24)8-7-16-15-5-2-6-17(15)21(25)26-20(16)18;/h1,3-4,7-8,11,23-24H,2,5-6,9-10,12H2;1H. The van der Waals surface area contributed by atoms with Gasteiger partial charge in [-0.2, -0.15) is 0 Å². The van der Waals surface area contributed by atoms with Gasteiger partial charge in [-0.05, 0) is 67.6 Å². The summed E-state index contributed by atoms with van der Waals surface area (Å²) in [4.78, 5) is 12.2. The largest absolute Gasteiger partial charge is 0.507 e. The maximum absolute atomic E-state index is 13.2. The molecule has 6 heteroatoms. The van der Waals surface area contributed by atoms with Crippen molar-refractivity contribution in [3.05, 3.63) is 74.9 Å². The van der Waals surface area contributed by atoms with Gasteiger partial charge in [-0.3, -0.25) is 0 Å². The molecule has 0 amide bonds. The van der Waals surface area contributed by atoms with Crippen LogP contribution in [-0.2, 0) is 25.8 Å². The Morgan fingerprint density at radius 1 is 1.15 bits per heavy atom. The number of phenols is 1. The Hall–Kier alpha value is -2.37. The second-order valence-electron chi connectivity index (χ2n) is 6.70. The number of nitrogens with one attached hydrogen (secondary N) is 1. The summed E-state index contributed by atoms with van der Waals surface area (Å²) in [7, 11) is 0. The van der Waals surface area contributed by atoms with Gasteiger partial charge in [0.05, 0.1) is 5.56 Å². The zero-order valence-corrected chi connectivity index (χ0v) is 15.6. The van der Waals surface area contributed by atoms with Gasteiger partial charge in [0.1, 0.15) is 17.1 Å². The van der Waals surface area contributed by atoms with Gasteiger partial charge in [-0.1, -0.05) is 12.1 Å². The normalized spacial score (nSPS) is 12.8. The lowest BCUT2D eigenvalue weighted by Crippen LogP contribution is -2.17. The van der Waals surface area contributed by atoms with Crippen molar-refractivity contribution in [3.63, 3.8) is 0 Å². The van der Waals surface area contributed by atoms with E-state index in [-0.39, 0.29) is 29.6 Å². The summed E-state index contributed by atoms with van der Waals surface area (Å²) in [6, 6.07) is 9.99. The summed E-state index contributed by atoms with van der Waals surface area (Å²) in [5.74, 6) is -0.137. The Bertz CT molecular complexity index is 1030. The lowest BCUT2D eigenvalue weighted by atomic mass is 10.0. The summed E-state index contributed by atoms with van der Waals surface area (Å²) in [6.45, 7) is 0.995. The first-order valence-electron chi connectivity index (χ1n) is 8.88. The maximum atomic E-state index is 13.2. The van der Waals surface area contributed by atoms with Crippen molar-refractivity contribution in [2.75, 3.05) is 6.54 Å². The molecule has 1 aliphatic carbocycles. The molecule has 1 aliphatic rings. The van der Waals surface area contributed by atoms with Crippen LogP contribution >= 0.6 is 12.4 Å². The molecule has 27 heavy (non-hydrogen) atoms. The van der Waals surface area contributed by atoms with Crippen molar-refractivity contribution >= 4 is 23.4 Å². The van der Waals surface area contributed by atoms with Crippen LogP contribution in [-0.4, -0.2) is 11.7 Å². The molecule has 0 fully saturated rings. The van der Waals surface area contributed by atoms with Gasteiger partial charge < -0.3 is 14.8 Å². The highest BCUT2D eigenvalue weighted by Crippen LogP contribution is 2.32. The van der Waals surface area contributed by atoms with Crippen LogP contribution < -0.4 is 10.9 Å². The molecule has 0 radical (unpaired) electrons. The van der Waals surface area contributed by atoms with E-state index in [0.29, 0.717) is 30.7 Å². The molecule has 0 saturated heterocycles. The SMILES string of the molecule is Cl.O=c1oc2c(CNCCc3cccc(F)c3)c(O)ccc2c2c1CCC2. The smallest absolute Gasteiger partial charge is 0.339 e. The third-order valence-electron chi connectivity index (χ3n) is 5.00.